The number of aryl methyl sites for hydroxylation is 1. The summed E-state index contributed by atoms with van der Waals surface area (Å²) < 4.78 is 27.9. The zero-order valence-corrected chi connectivity index (χ0v) is 19.7. The van der Waals surface area contributed by atoms with E-state index in [-0.39, 0.29) is 22.8 Å². The number of anilines is 1. The number of likely N-dealkylation sites (tertiary alicyclic amines) is 1. The fourth-order valence-corrected chi connectivity index (χ4v) is 5.27. The molecule has 0 bridgehead atoms. The number of carbonyl (C=O) groups is 2. The van der Waals surface area contributed by atoms with Gasteiger partial charge in [0, 0.05) is 35.9 Å². The Kier molecular flexibility index (Phi) is 7.09. The maximum Gasteiger partial charge on any atom is 0.255 e. The molecule has 0 atom stereocenters. The van der Waals surface area contributed by atoms with Crippen molar-refractivity contribution in [2.75, 3.05) is 18.4 Å². The fourth-order valence-electron chi connectivity index (χ4n) is 3.94. The highest BCUT2D eigenvalue weighted by Crippen LogP contribution is 2.21. The number of nitrogens with zero attached hydrogens (tertiary/aromatic N) is 1. The standard InChI is InChI=1S/C26H27N3O4S/c1-19-12-13-21(18-24(19)27-25(30)20-8-4-2-5-9-20)26(31)29-16-14-22(15-17-29)28-34(32,33)23-10-6-3-7-11-23/h2-13,18,22,28H,14-17H2,1H3,(H,27,30). The van der Waals surface area contributed by atoms with Crippen molar-refractivity contribution in [3.05, 3.63) is 95.6 Å². The number of hydrogen-bond donors (Lipinski definition) is 2. The highest BCUT2D eigenvalue weighted by Gasteiger charge is 2.27. The summed E-state index contributed by atoms with van der Waals surface area (Å²) in [6.07, 6.45) is 1.06. The Morgan fingerprint density at radius 3 is 2.12 bits per heavy atom. The minimum Gasteiger partial charge on any atom is -0.339 e. The number of nitrogens with one attached hydrogen (secondary N) is 2. The van der Waals surface area contributed by atoms with Gasteiger partial charge < -0.3 is 10.2 Å². The van der Waals surface area contributed by atoms with Gasteiger partial charge in [-0.3, -0.25) is 9.59 Å². The van der Waals surface area contributed by atoms with Crippen LogP contribution in [0.5, 0.6) is 0 Å². The van der Waals surface area contributed by atoms with Gasteiger partial charge in [0.1, 0.15) is 0 Å². The van der Waals surface area contributed by atoms with Crippen LogP contribution in [0.3, 0.4) is 0 Å². The lowest BCUT2D eigenvalue weighted by Crippen LogP contribution is -2.46. The zero-order valence-electron chi connectivity index (χ0n) is 18.9. The molecule has 0 saturated carbocycles. The molecule has 176 valence electrons. The van der Waals surface area contributed by atoms with Crippen LogP contribution >= 0.6 is 0 Å². The number of sulfonamides is 1. The second-order valence-corrected chi connectivity index (χ2v) is 10.1. The first-order chi connectivity index (χ1) is 16.3. The van der Waals surface area contributed by atoms with E-state index in [1.54, 1.807) is 71.6 Å². The van der Waals surface area contributed by atoms with Crippen LogP contribution in [-0.4, -0.2) is 44.3 Å². The van der Waals surface area contributed by atoms with Crippen LogP contribution in [0.15, 0.2) is 83.8 Å². The molecule has 4 rings (SSSR count). The molecule has 0 aromatic heterocycles. The molecule has 7 nitrogen and oxygen atoms in total. The van der Waals surface area contributed by atoms with Gasteiger partial charge in [-0.2, -0.15) is 0 Å². The van der Waals surface area contributed by atoms with Crippen molar-refractivity contribution in [3.63, 3.8) is 0 Å². The van der Waals surface area contributed by atoms with E-state index in [1.807, 2.05) is 19.1 Å². The quantitative estimate of drug-likeness (QED) is 0.564. The lowest BCUT2D eigenvalue weighted by molar-refractivity contribution is 0.0711. The predicted octanol–water partition coefficient (Wildman–Crippen LogP) is 3.83. The second kappa shape index (κ2) is 10.2. The van der Waals surface area contributed by atoms with E-state index in [1.165, 1.54) is 0 Å². The fraction of sp³-hybridized carbons (Fsp3) is 0.231. The Balaban J connectivity index is 1.38. The molecule has 1 fully saturated rings. The minimum absolute atomic E-state index is 0.139. The average Bonchev–Trinajstić information content (AvgIpc) is 2.86. The van der Waals surface area contributed by atoms with E-state index in [9.17, 15) is 18.0 Å². The Morgan fingerprint density at radius 2 is 1.47 bits per heavy atom. The van der Waals surface area contributed by atoms with Gasteiger partial charge in [-0.25, -0.2) is 13.1 Å². The number of piperidine rings is 1. The highest BCUT2D eigenvalue weighted by molar-refractivity contribution is 7.89. The van der Waals surface area contributed by atoms with Crippen molar-refractivity contribution in [1.29, 1.82) is 0 Å². The van der Waals surface area contributed by atoms with Crippen LogP contribution in [0.25, 0.3) is 0 Å². The van der Waals surface area contributed by atoms with Crippen molar-refractivity contribution in [3.8, 4) is 0 Å². The predicted molar refractivity (Wildman–Crippen MR) is 131 cm³/mol. The molecule has 34 heavy (non-hydrogen) atoms. The van der Waals surface area contributed by atoms with Crippen molar-refractivity contribution in [2.24, 2.45) is 0 Å². The maximum absolute atomic E-state index is 13.1. The van der Waals surface area contributed by atoms with Crippen LogP contribution in [0.4, 0.5) is 5.69 Å². The highest BCUT2D eigenvalue weighted by atomic mass is 32.2. The van der Waals surface area contributed by atoms with E-state index < -0.39 is 10.0 Å². The molecular formula is C26H27N3O4S. The number of benzene rings is 3. The summed E-state index contributed by atoms with van der Waals surface area (Å²) >= 11 is 0. The van der Waals surface area contributed by atoms with Gasteiger partial charge in [0.2, 0.25) is 10.0 Å². The number of rotatable bonds is 6. The van der Waals surface area contributed by atoms with Gasteiger partial charge in [-0.05, 0) is 61.7 Å². The minimum atomic E-state index is -3.59. The van der Waals surface area contributed by atoms with Crippen LogP contribution in [0.1, 0.15) is 39.1 Å². The SMILES string of the molecule is Cc1ccc(C(=O)N2CCC(NS(=O)(=O)c3ccccc3)CC2)cc1NC(=O)c1ccccc1. The maximum atomic E-state index is 13.1. The number of hydrogen-bond acceptors (Lipinski definition) is 4. The summed E-state index contributed by atoms with van der Waals surface area (Å²) in [5, 5.41) is 2.89. The Bertz CT molecular complexity index is 1270. The lowest BCUT2D eigenvalue weighted by Gasteiger charge is -2.32. The normalized spacial score (nSPS) is 14.6. The van der Waals surface area contributed by atoms with Crippen molar-refractivity contribution in [2.45, 2.75) is 30.7 Å². The third kappa shape index (κ3) is 5.52. The third-order valence-electron chi connectivity index (χ3n) is 5.93. The molecule has 8 heteroatoms. The van der Waals surface area contributed by atoms with Crippen molar-refractivity contribution >= 4 is 27.5 Å². The Hall–Kier alpha value is -3.49. The van der Waals surface area contributed by atoms with Crippen LogP contribution in [0.2, 0.25) is 0 Å². The molecule has 0 radical (unpaired) electrons. The van der Waals surface area contributed by atoms with E-state index in [2.05, 4.69) is 10.0 Å². The van der Waals surface area contributed by atoms with Crippen molar-refractivity contribution in [1.82, 2.24) is 9.62 Å². The molecule has 2 N–H and O–H groups in total. The van der Waals surface area contributed by atoms with Gasteiger partial charge in [0.15, 0.2) is 0 Å². The molecule has 1 aliphatic rings. The average molecular weight is 478 g/mol. The molecule has 1 aliphatic heterocycles. The molecule has 1 heterocycles. The smallest absolute Gasteiger partial charge is 0.255 e. The first-order valence-electron chi connectivity index (χ1n) is 11.2. The monoisotopic (exact) mass is 477 g/mol. The summed E-state index contributed by atoms with van der Waals surface area (Å²) in [4.78, 5) is 27.6. The van der Waals surface area contributed by atoms with E-state index in [0.717, 1.165) is 5.56 Å². The topological polar surface area (TPSA) is 95.6 Å². The van der Waals surface area contributed by atoms with E-state index in [0.29, 0.717) is 42.7 Å². The third-order valence-corrected chi connectivity index (χ3v) is 7.46. The molecule has 0 unspecified atom stereocenters. The lowest BCUT2D eigenvalue weighted by atomic mass is 10.0. The second-order valence-electron chi connectivity index (χ2n) is 8.35. The largest absolute Gasteiger partial charge is 0.339 e. The first kappa shape index (κ1) is 23.7. The van der Waals surface area contributed by atoms with E-state index >= 15 is 0 Å². The summed E-state index contributed by atoms with van der Waals surface area (Å²) in [6, 6.07) is 22.2. The molecule has 0 spiro atoms. The van der Waals surface area contributed by atoms with E-state index in [4.69, 9.17) is 0 Å². The molecule has 1 saturated heterocycles. The van der Waals surface area contributed by atoms with Crippen LogP contribution < -0.4 is 10.0 Å². The van der Waals surface area contributed by atoms with Gasteiger partial charge in [-0.15, -0.1) is 0 Å². The molecular weight excluding hydrogens is 450 g/mol. The first-order valence-corrected chi connectivity index (χ1v) is 12.7. The molecule has 3 aromatic carbocycles. The van der Waals surface area contributed by atoms with Gasteiger partial charge in [-0.1, -0.05) is 42.5 Å². The van der Waals surface area contributed by atoms with Gasteiger partial charge >= 0.3 is 0 Å². The molecule has 0 aliphatic carbocycles. The summed E-state index contributed by atoms with van der Waals surface area (Å²) in [5.41, 5.74) is 2.47. The van der Waals surface area contributed by atoms with Crippen LogP contribution in [-0.2, 0) is 10.0 Å². The summed E-state index contributed by atoms with van der Waals surface area (Å²) in [6.45, 7) is 2.76. The number of amides is 2. The summed E-state index contributed by atoms with van der Waals surface area (Å²) in [7, 11) is -3.59. The van der Waals surface area contributed by atoms with Gasteiger partial charge in [0.25, 0.3) is 11.8 Å². The summed E-state index contributed by atoms with van der Waals surface area (Å²) in [5.74, 6) is -0.376. The van der Waals surface area contributed by atoms with Gasteiger partial charge in [0.05, 0.1) is 4.90 Å². The number of carbonyl (C=O) groups excluding carboxylic acids is 2. The molecule has 3 aromatic rings. The Morgan fingerprint density at radius 1 is 0.853 bits per heavy atom. The zero-order chi connectivity index (χ0) is 24.1. The van der Waals surface area contributed by atoms with Crippen molar-refractivity contribution < 1.29 is 18.0 Å². The molecule has 2 amide bonds. The van der Waals surface area contributed by atoms with Crippen LogP contribution in [0, 0.1) is 6.92 Å². The Labute approximate surface area is 199 Å².